The summed E-state index contributed by atoms with van der Waals surface area (Å²) in [5.74, 6) is 0. The van der Waals surface area contributed by atoms with Gasteiger partial charge in [-0.05, 0) is 92.1 Å². The van der Waals surface area contributed by atoms with Crippen LogP contribution in [0, 0.1) is 3.57 Å². The molecule has 6 rings (SSSR count). The molecule has 0 saturated heterocycles. The van der Waals surface area contributed by atoms with Crippen molar-refractivity contribution in [2.24, 2.45) is 0 Å². The van der Waals surface area contributed by atoms with Crippen LogP contribution in [0.15, 0.2) is 91.0 Å². The molecule has 0 spiro atoms. The van der Waals surface area contributed by atoms with Gasteiger partial charge in [0.1, 0.15) is 0 Å². The molecule has 2 aliphatic rings. The van der Waals surface area contributed by atoms with E-state index in [4.69, 9.17) is 0 Å². The molecular weight excluding hydrogens is 439 g/mol. The molecule has 0 N–H and O–H groups in total. The molecule has 0 fully saturated rings. The van der Waals surface area contributed by atoms with Crippen molar-refractivity contribution in [1.29, 1.82) is 0 Å². The molecule has 0 nitrogen and oxygen atoms in total. The van der Waals surface area contributed by atoms with Gasteiger partial charge in [0, 0.05) is 3.57 Å². The summed E-state index contributed by atoms with van der Waals surface area (Å²) in [6.07, 6.45) is 2.20. The van der Waals surface area contributed by atoms with E-state index in [1.807, 2.05) is 0 Å². The normalized spacial score (nSPS) is 12.3. The zero-order valence-corrected chi connectivity index (χ0v) is 17.1. The van der Waals surface area contributed by atoms with E-state index in [1.165, 1.54) is 48.1 Å². The average Bonchev–Trinajstić information content (AvgIpc) is 3.26. The van der Waals surface area contributed by atoms with E-state index < -0.39 is 0 Å². The Morgan fingerprint density at radius 3 is 1.37 bits per heavy atom. The van der Waals surface area contributed by atoms with E-state index >= 15 is 0 Å². The highest BCUT2D eigenvalue weighted by molar-refractivity contribution is 14.1. The van der Waals surface area contributed by atoms with Crippen molar-refractivity contribution >= 4 is 22.6 Å². The Morgan fingerprint density at radius 1 is 0.444 bits per heavy atom. The molecular formula is C26H19I. The molecule has 0 aliphatic heterocycles. The molecule has 27 heavy (non-hydrogen) atoms. The van der Waals surface area contributed by atoms with Crippen molar-refractivity contribution in [2.45, 2.75) is 12.8 Å². The fourth-order valence-corrected chi connectivity index (χ4v) is 4.75. The summed E-state index contributed by atoms with van der Waals surface area (Å²) in [5, 5.41) is 0. The first-order valence-corrected chi connectivity index (χ1v) is 10.4. The van der Waals surface area contributed by atoms with Crippen LogP contribution in [0.25, 0.3) is 22.3 Å². The smallest absolute Gasteiger partial charge is 0.0133 e. The summed E-state index contributed by atoms with van der Waals surface area (Å²) < 4.78 is 1.33. The SMILES string of the molecule is Ic1ccc2c(c1)Cc1ccccc1-2.c1ccc2c(c1)Cc1ccccc1-2. The zero-order chi connectivity index (χ0) is 18.2. The van der Waals surface area contributed by atoms with Gasteiger partial charge in [0.2, 0.25) is 0 Å². The average molecular weight is 458 g/mol. The van der Waals surface area contributed by atoms with Gasteiger partial charge in [-0.15, -0.1) is 0 Å². The van der Waals surface area contributed by atoms with Gasteiger partial charge < -0.3 is 0 Å². The van der Waals surface area contributed by atoms with Gasteiger partial charge in [0.05, 0.1) is 0 Å². The van der Waals surface area contributed by atoms with E-state index in [9.17, 15) is 0 Å². The maximum Gasteiger partial charge on any atom is 0.0133 e. The molecule has 0 unspecified atom stereocenters. The van der Waals surface area contributed by atoms with Gasteiger partial charge in [0.25, 0.3) is 0 Å². The van der Waals surface area contributed by atoms with Crippen LogP contribution in [0.3, 0.4) is 0 Å². The Bertz CT molecular complexity index is 1100. The Hall–Kier alpha value is -2.39. The number of hydrogen-bond acceptors (Lipinski definition) is 0. The lowest BCUT2D eigenvalue weighted by atomic mass is 10.1. The third kappa shape index (κ3) is 3.10. The Morgan fingerprint density at radius 2 is 0.852 bits per heavy atom. The van der Waals surface area contributed by atoms with Crippen molar-refractivity contribution in [2.75, 3.05) is 0 Å². The maximum absolute atomic E-state index is 2.37. The van der Waals surface area contributed by atoms with E-state index in [0.717, 1.165) is 12.8 Å². The predicted molar refractivity (Wildman–Crippen MR) is 122 cm³/mol. The summed E-state index contributed by atoms with van der Waals surface area (Å²) in [6.45, 7) is 0. The monoisotopic (exact) mass is 458 g/mol. The molecule has 0 bridgehead atoms. The topological polar surface area (TPSA) is 0 Å². The molecule has 4 aromatic carbocycles. The van der Waals surface area contributed by atoms with Gasteiger partial charge in [-0.1, -0.05) is 78.9 Å². The van der Waals surface area contributed by atoms with Crippen LogP contribution in [0.5, 0.6) is 0 Å². The standard InChI is InChI=1S/C13H9I.C13H10/c14-11-5-6-13-10(8-11)7-9-3-1-2-4-12(9)13;1-3-7-12-10(5-1)9-11-6-2-4-8-13(11)12/h1-6,8H,7H2;1-8H,9H2. The highest BCUT2D eigenvalue weighted by atomic mass is 127. The second-order valence-corrected chi connectivity index (χ2v) is 8.37. The lowest BCUT2D eigenvalue weighted by Gasteiger charge is -1.99. The fraction of sp³-hybridized carbons (Fsp3) is 0.0769. The van der Waals surface area contributed by atoms with Crippen LogP contribution < -0.4 is 0 Å². The van der Waals surface area contributed by atoms with Crippen molar-refractivity contribution in [1.82, 2.24) is 0 Å². The molecule has 4 aromatic rings. The van der Waals surface area contributed by atoms with Gasteiger partial charge in [-0.2, -0.15) is 0 Å². The predicted octanol–water partition coefficient (Wildman–Crippen LogP) is 7.12. The van der Waals surface area contributed by atoms with Gasteiger partial charge in [-0.25, -0.2) is 0 Å². The summed E-state index contributed by atoms with van der Waals surface area (Å²) in [6, 6.07) is 32.7. The molecule has 2 aliphatic carbocycles. The fourth-order valence-electron chi connectivity index (χ4n) is 4.19. The quantitative estimate of drug-likeness (QED) is 0.213. The third-order valence-corrected chi connectivity index (χ3v) is 6.13. The van der Waals surface area contributed by atoms with Crippen molar-refractivity contribution in [3.05, 3.63) is 117 Å². The second kappa shape index (κ2) is 6.97. The summed E-state index contributed by atoms with van der Waals surface area (Å²) >= 11 is 2.37. The third-order valence-electron chi connectivity index (χ3n) is 5.46. The Labute approximate surface area is 174 Å². The Kier molecular flexibility index (Phi) is 4.33. The first-order chi connectivity index (χ1) is 13.3. The molecule has 0 aromatic heterocycles. The lowest BCUT2D eigenvalue weighted by Crippen LogP contribution is -1.80. The highest BCUT2D eigenvalue weighted by Gasteiger charge is 2.17. The summed E-state index contributed by atoms with van der Waals surface area (Å²) in [7, 11) is 0. The first kappa shape index (κ1) is 16.8. The van der Waals surface area contributed by atoms with Crippen molar-refractivity contribution < 1.29 is 0 Å². The van der Waals surface area contributed by atoms with Crippen LogP contribution in [0.4, 0.5) is 0 Å². The molecule has 0 heterocycles. The minimum atomic E-state index is 1.10. The number of rotatable bonds is 0. The molecule has 0 amide bonds. The summed E-state index contributed by atoms with van der Waals surface area (Å²) in [4.78, 5) is 0. The van der Waals surface area contributed by atoms with Gasteiger partial charge in [-0.3, -0.25) is 0 Å². The maximum atomic E-state index is 2.37. The highest BCUT2D eigenvalue weighted by Crippen LogP contribution is 2.37. The van der Waals surface area contributed by atoms with E-state index in [2.05, 4.69) is 114 Å². The largest absolute Gasteiger partial charge is 0.0619 e. The van der Waals surface area contributed by atoms with E-state index in [-0.39, 0.29) is 0 Å². The molecule has 0 radical (unpaired) electrons. The zero-order valence-electron chi connectivity index (χ0n) is 15.0. The molecule has 0 atom stereocenters. The Balaban J connectivity index is 0.000000119. The number of hydrogen-bond donors (Lipinski definition) is 0. The number of halogens is 1. The minimum absolute atomic E-state index is 1.10. The lowest BCUT2D eigenvalue weighted by molar-refractivity contribution is 1.26. The minimum Gasteiger partial charge on any atom is -0.0619 e. The first-order valence-electron chi connectivity index (χ1n) is 9.32. The van der Waals surface area contributed by atoms with E-state index in [1.54, 1.807) is 0 Å². The molecule has 130 valence electrons. The van der Waals surface area contributed by atoms with Gasteiger partial charge >= 0.3 is 0 Å². The van der Waals surface area contributed by atoms with Crippen LogP contribution in [-0.4, -0.2) is 0 Å². The van der Waals surface area contributed by atoms with Crippen LogP contribution in [0.2, 0.25) is 0 Å². The second-order valence-electron chi connectivity index (χ2n) is 7.13. The summed E-state index contributed by atoms with van der Waals surface area (Å²) in [5.41, 5.74) is 11.5. The molecule has 0 saturated carbocycles. The van der Waals surface area contributed by atoms with Crippen molar-refractivity contribution in [3.8, 4) is 22.3 Å². The van der Waals surface area contributed by atoms with Gasteiger partial charge in [0.15, 0.2) is 0 Å². The van der Waals surface area contributed by atoms with Crippen LogP contribution in [-0.2, 0) is 12.8 Å². The number of benzene rings is 4. The van der Waals surface area contributed by atoms with Crippen LogP contribution >= 0.6 is 22.6 Å². The molecule has 1 heteroatoms. The van der Waals surface area contributed by atoms with Crippen LogP contribution in [0.1, 0.15) is 22.3 Å². The van der Waals surface area contributed by atoms with E-state index in [0.29, 0.717) is 0 Å². The van der Waals surface area contributed by atoms with Crippen molar-refractivity contribution in [3.63, 3.8) is 0 Å². The number of fused-ring (bicyclic) bond motifs is 6.